The zero-order valence-corrected chi connectivity index (χ0v) is 13.7. The predicted molar refractivity (Wildman–Crippen MR) is 86.8 cm³/mol. The molecule has 22 heavy (non-hydrogen) atoms. The number of nitrogens with zero attached hydrogens (tertiary/aromatic N) is 2. The number of guanidine groups is 1. The van der Waals surface area contributed by atoms with E-state index >= 15 is 0 Å². The number of nitrogens with two attached hydrogens (primary N) is 1. The van der Waals surface area contributed by atoms with Crippen molar-refractivity contribution in [3.8, 4) is 0 Å². The molecule has 0 radical (unpaired) electrons. The van der Waals surface area contributed by atoms with E-state index in [1.807, 2.05) is 18.9 Å². The van der Waals surface area contributed by atoms with Crippen molar-refractivity contribution in [3.05, 3.63) is 35.6 Å². The molecule has 122 valence electrons. The first-order valence-electron chi connectivity index (χ1n) is 7.30. The Balaban J connectivity index is 2.80. The lowest BCUT2D eigenvalue weighted by Crippen LogP contribution is -2.40. The molecule has 0 bridgehead atoms. The molecule has 0 aliphatic carbocycles. The van der Waals surface area contributed by atoms with E-state index in [0.717, 1.165) is 5.56 Å². The lowest BCUT2D eigenvalue weighted by molar-refractivity contribution is -0.125. The predicted octanol–water partition coefficient (Wildman–Crippen LogP) is 1.73. The van der Waals surface area contributed by atoms with Crippen molar-refractivity contribution in [2.75, 3.05) is 20.1 Å². The van der Waals surface area contributed by atoms with Gasteiger partial charge < -0.3 is 16.0 Å². The number of primary amides is 1. The van der Waals surface area contributed by atoms with Crippen LogP contribution in [-0.4, -0.2) is 36.9 Å². The van der Waals surface area contributed by atoms with Gasteiger partial charge in [-0.25, -0.2) is 4.39 Å². The molecule has 0 saturated carbocycles. The van der Waals surface area contributed by atoms with E-state index in [1.165, 1.54) is 12.1 Å². The molecule has 6 heteroatoms. The fourth-order valence-electron chi connectivity index (χ4n) is 1.76. The Morgan fingerprint density at radius 1 is 1.36 bits per heavy atom. The van der Waals surface area contributed by atoms with Crippen molar-refractivity contribution in [1.29, 1.82) is 0 Å². The normalized spacial score (nSPS) is 12.1. The Bertz CT molecular complexity index is 525. The second-order valence-electron chi connectivity index (χ2n) is 5.90. The molecule has 1 rings (SSSR count). The summed E-state index contributed by atoms with van der Waals surface area (Å²) in [5, 5.41) is 3.18. The molecule has 0 aliphatic rings. The monoisotopic (exact) mass is 308 g/mol. The van der Waals surface area contributed by atoms with Crippen LogP contribution in [0, 0.1) is 11.2 Å². The molecule has 0 aliphatic heterocycles. The van der Waals surface area contributed by atoms with E-state index in [-0.39, 0.29) is 11.7 Å². The highest BCUT2D eigenvalue weighted by Crippen LogP contribution is 2.14. The zero-order chi connectivity index (χ0) is 16.8. The van der Waals surface area contributed by atoms with E-state index in [0.29, 0.717) is 25.6 Å². The minimum absolute atomic E-state index is 0.254. The summed E-state index contributed by atoms with van der Waals surface area (Å²) in [4.78, 5) is 17.8. The van der Waals surface area contributed by atoms with Gasteiger partial charge in [-0.3, -0.25) is 9.79 Å². The minimum Gasteiger partial charge on any atom is -0.369 e. The van der Waals surface area contributed by atoms with Crippen molar-refractivity contribution in [1.82, 2.24) is 10.2 Å². The van der Waals surface area contributed by atoms with Gasteiger partial charge in [0.2, 0.25) is 5.91 Å². The highest BCUT2D eigenvalue weighted by atomic mass is 19.1. The van der Waals surface area contributed by atoms with Gasteiger partial charge in [0, 0.05) is 20.1 Å². The highest BCUT2D eigenvalue weighted by Gasteiger charge is 2.24. The summed E-state index contributed by atoms with van der Waals surface area (Å²) < 4.78 is 12.9. The van der Waals surface area contributed by atoms with Gasteiger partial charge in [0.1, 0.15) is 5.82 Å². The lowest BCUT2D eigenvalue weighted by Gasteiger charge is -2.24. The van der Waals surface area contributed by atoms with Crippen molar-refractivity contribution in [2.45, 2.75) is 27.3 Å². The van der Waals surface area contributed by atoms with E-state index < -0.39 is 5.41 Å². The summed E-state index contributed by atoms with van der Waals surface area (Å²) in [6.07, 6.45) is 0. The van der Waals surface area contributed by atoms with Crippen LogP contribution < -0.4 is 11.1 Å². The van der Waals surface area contributed by atoms with Gasteiger partial charge in [0.15, 0.2) is 5.96 Å². The van der Waals surface area contributed by atoms with E-state index in [2.05, 4.69) is 10.3 Å². The molecule has 0 saturated heterocycles. The topological polar surface area (TPSA) is 70.7 Å². The number of hydrogen-bond donors (Lipinski definition) is 2. The zero-order valence-electron chi connectivity index (χ0n) is 13.7. The number of nitrogens with one attached hydrogen (secondary N) is 1. The number of halogens is 1. The summed E-state index contributed by atoms with van der Waals surface area (Å²) >= 11 is 0. The van der Waals surface area contributed by atoms with E-state index in [1.54, 1.807) is 26.0 Å². The Labute approximate surface area is 131 Å². The van der Waals surface area contributed by atoms with Crippen molar-refractivity contribution in [2.24, 2.45) is 16.1 Å². The smallest absolute Gasteiger partial charge is 0.224 e. The molecular formula is C16H25FN4O. The molecule has 0 atom stereocenters. The molecule has 0 unspecified atom stereocenters. The first-order valence-corrected chi connectivity index (χ1v) is 7.30. The van der Waals surface area contributed by atoms with Crippen LogP contribution in [0.5, 0.6) is 0 Å². The Morgan fingerprint density at radius 2 is 1.95 bits per heavy atom. The third-order valence-electron chi connectivity index (χ3n) is 3.32. The maximum atomic E-state index is 12.9. The van der Waals surface area contributed by atoms with Gasteiger partial charge in [-0.2, -0.15) is 0 Å². The molecule has 1 aromatic carbocycles. The van der Waals surface area contributed by atoms with E-state index in [4.69, 9.17) is 5.73 Å². The van der Waals surface area contributed by atoms with Gasteiger partial charge in [-0.1, -0.05) is 12.1 Å². The average molecular weight is 308 g/mol. The van der Waals surface area contributed by atoms with Gasteiger partial charge in [0.05, 0.1) is 12.0 Å². The second-order valence-corrected chi connectivity index (χ2v) is 5.90. The van der Waals surface area contributed by atoms with Crippen molar-refractivity contribution in [3.63, 3.8) is 0 Å². The van der Waals surface area contributed by atoms with Crippen LogP contribution >= 0.6 is 0 Å². The summed E-state index contributed by atoms with van der Waals surface area (Å²) in [5.74, 6) is 0.0459. The van der Waals surface area contributed by atoms with Gasteiger partial charge >= 0.3 is 0 Å². The first kappa shape index (κ1) is 17.9. The van der Waals surface area contributed by atoms with Gasteiger partial charge in [-0.15, -0.1) is 0 Å². The number of aliphatic imine (C=N–C) groups is 1. The van der Waals surface area contributed by atoms with Crippen LogP contribution in [0.15, 0.2) is 29.3 Å². The van der Waals surface area contributed by atoms with Crippen LogP contribution in [0.2, 0.25) is 0 Å². The molecule has 5 nitrogen and oxygen atoms in total. The summed E-state index contributed by atoms with van der Waals surface area (Å²) in [5.41, 5.74) is 5.65. The maximum absolute atomic E-state index is 12.9. The quantitative estimate of drug-likeness (QED) is 0.621. The number of rotatable bonds is 6. The summed E-state index contributed by atoms with van der Waals surface area (Å²) in [6, 6.07) is 6.35. The van der Waals surface area contributed by atoms with Crippen LogP contribution in [-0.2, 0) is 11.3 Å². The van der Waals surface area contributed by atoms with Gasteiger partial charge in [0.25, 0.3) is 0 Å². The highest BCUT2D eigenvalue weighted by molar-refractivity contribution is 5.82. The molecule has 0 aromatic heterocycles. The minimum atomic E-state index is -0.697. The maximum Gasteiger partial charge on any atom is 0.224 e. The Hall–Kier alpha value is -2.11. The second kappa shape index (κ2) is 7.77. The molecule has 1 aromatic rings. The third kappa shape index (κ3) is 5.35. The molecule has 3 N–H and O–H groups in total. The molecule has 0 heterocycles. The van der Waals surface area contributed by atoms with Crippen molar-refractivity contribution < 1.29 is 9.18 Å². The summed E-state index contributed by atoms with van der Waals surface area (Å²) in [6.45, 7) is 7.11. The number of carbonyl (C=O) groups excluding carboxylic acids is 1. The van der Waals surface area contributed by atoms with Gasteiger partial charge in [-0.05, 0) is 38.5 Å². The molecule has 0 fully saturated rings. The van der Waals surface area contributed by atoms with E-state index in [9.17, 15) is 9.18 Å². The van der Waals surface area contributed by atoms with Crippen LogP contribution in [0.4, 0.5) is 4.39 Å². The SMILES string of the molecule is CCNC(=NCC(C)(C)C(N)=O)N(C)Cc1ccc(F)cc1. The number of hydrogen-bond acceptors (Lipinski definition) is 2. The largest absolute Gasteiger partial charge is 0.369 e. The molecule has 0 spiro atoms. The average Bonchev–Trinajstić information content (AvgIpc) is 2.45. The number of amides is 1. The Morgan fingerprint density at radius 3 is 2.45 bits per heavy atom. The van der Waals surface area contributed by atoms with Crippen LogP contribution in [0.1, 0.15) is 26.3 Å². The number of benzene rings is 1. The van der Waals surface area contributed by atoms with Crippen molar-refractivity contribution >= 4 is 11.9 Å². The molecular weight excluding hydrogens is 283 g/mol. The number of carbonyl (C=O) groups is 1. The third-order valence-corrected chi connectivity index (χ3v) is 3.32. The lowest BCUT2D eigenvalue weighted by atomic mass is 9.93. The fraction of sp³-hybridized carbons (Fsp3) is 0.500. The van der Waals surface area contributed by atoms with Crippen LogP contribution in [0.3, 0.4) is 0 Å². The summed E-state index contributed by atoms with van der Waals surface area (Å²) in [7, 11) is 1.89. The molecule has 1 amide bonds. The first-order chi connectivity index (χ1) is 10.3. The standard InChI is InChI=1S/C16H25FN4O/c1-5-19-15(20-11-16(2,3)14(18)22)21(4)10-12-6-8-13(17)9-7-12/h6-9H,5,10-11H2,1-4H3,(H2,18,22)(H,19,20). The fourth-order valence-corrected chi connectivity index (χ4v) is 1.76. The van der Waals surface area contributed by atoms with Crippen LogP contribution in [0.25, 0.3) is 0 Å². The Kier molecular flexibility index (Phi) is 6.34.